The van der Waals surface area contributed by atoms with Crippen LogP contribution in [-0.4, -0.2) is 39.9 Å². The molecule has 0 radical (unpaired) electrons. The first-order valence-electron chi connectivity index (χ1n) is 9.21. The number of hydrogen-bond acceptors (Lipinski definition) is 2. The van der Waals surface area contributed by atoms with Crippen molar-refractivity contribution < 1.29 is 9.59 Å². The molecule has 1 saturated carbocycles. The van der Waals surface area contributed by atoms with E-state index in [4.69, 9.17) is 0 Å². The number of aromatic nitrogens is 1. The second-order valence-electron chi connectivity index (χ2n) is 7.41. The average Bonchev–Trinajstić information content (AvgIpc) is 3.18. The molecule has 5 heteroatoms. The summed E-state index contributed by atoms with van der Waals surface area (Å²) in [6, 6.07) is 8.18. The first kappa shape index (κ1) is 16.2. The lowest BCUT2D eigenvalue weighted by Gasteiger charge is -2.26. The van der Waals surface area contributed by atoms with Gasteiger partial charge in [-0.1, -0.05) is 18.2 Å². The van der Waals surface area contributed by atoms with E-state index in [-0.39, 0.29) is 23.8 Å². The molecule has 1 N–H and O–H groups in total. The van der Waals surface area contributed by atoms with E-state index < -0.39 is 0 Å². The summed E-state index contributed by atoms with van der Waals surface area (Å²) in [6.45, 7) is 2.63. The number of amides is 2. The highest BCUT2D eigenvalue weighted by Gasteiger charge is 2.38. The molecule has 1 aromatic carbocycles. The summed E-state index contributed by atoms with van der Waals surface area (Å²) >= 11 is 0. The van der Waals surface area contributed by atoms with Gasteiger partial charge in [0.1, 0.15) is 6.04 Å². The molecule has 2 aromatic rings. The van der Waals surface area contributed by atoms with Crippen molar-refractivity contribution in [1.29, 1.82) is 0 Å². The molecule has 4 rings (SSSR count). The first-order valence-corrected chi connectivity index (χ1v) is 9.21. The Morgan fingerprint density at radius 1 is 1.20 bits per heavy atom. The molecule has 1 aliphatic heterocycles. The minimum Gasteiger partial charge on any atom is -0.352 e. The van der Waals surface area contributed by atoms with Crippen LogP contribution in [0.2, 0.25) is 0 Å². The number of para-hydroxylation sites is 1. The summed E-state index contributed by atoms with van der Waals surface area (Å²) < 4.78 is 2.07. The van der Waals surface area contributed by atoms with Gasteiger partial charge in [0, 0.05) is 36.7 Å². The lowest BCUT2D eigenvalue weighted by molar-refractivity contribution is -0.139. The van der Waals surface area contributed by atoms with Crippen molar-refractivity contribution in [3.8, 4) is 0 Å². The predicted molar refractivity (Wildman–Crippen MR) is 97.2 cm³/mol. The standard InChI is InChI=1S/C20H25N3O2/c1-13(16-12-22(2)17-7-4-3-6-15(16)17)20(25)23-11-5-8-18(23)19(24)21-14-9-10-14/h3-4,6-7,12-14,18H,5,8-11H2,1-2H3,(H,21,24). The Balaban J connectivity index is 1.57. The third-order valence-electron chi connectivity index (χ3n) is 5.53. The zero-order valence-corrected chi connectivity index (χ0v) is 14.9. The van der Waals surface area contributed by atoms with Gasteiger partial charge in [-0.15, -0.1) is 0 Å². The van der Waals surface area contributed by atoms with E-state index in [2.05, 4.69) is 22.0 Å². The lowest BCUT2D eigenvalue weighted by atomic mass is 9.98. The van der Waals surface area contributed by atoms with E-state index in [0.29, 0.717) is 12.6 Å². The highest BCUT2D eigenvalue weighted by atomic mass is 16.2. The van der Waals surface area contributed by atoms with Crippen molar-refractivity contribution in [3.63, 3.8) is 0 Å². The van der Waals surface area contributed by atoms with Crippen molar-refractivity contribution >= 4 is 22.7 Å². The molecule has 2 unspecified atom stereocenters. The molecular weight excluding hydrogens is 314 g/mol. The maximum atomic E-state index is 13.2. The normalized spacial score (nSPS) is 21.5. The van der Waals surface area contributed by atoms with Crippen LogP contribution in [0.5, 0.6) is 0 Å². The van der Waals surface area contributed by atoms with Gasteiger partial charge in [-0.2, -0.15) is 0 Å². The number of benzene rings is 1. The van der Waals surface area contributed by atoms with Crippen molar-refractivity contribution in [1.82, 2.24) is 14.8 Å². The van der Waals surface area contributed by atoms with Crippen molar-refractivity contribution in [2.45, 2.75) is 50.6 Å². The zero-order valence-electron chi connectivity index (χ0n) is 14.9. The quantitative estimate of drug-likeness (QED) is 0.931. The van der Waals surface area contributed by atoms with Gasteiger partial charge in [-0.3, -0.25) is 9.59 Å². The largest absolute Gasteiger partial charge is 0.352 e. The topological polar surface area (TPSA) is 54.3 Å². The van der Waals surface area contributed by atoms with Gasteiger partial charge in [0.15, 0.2) is 0 Å². The van der Waals surface area contributed by atoms with Gasteiger partial charge in [0.2, 0.25) is 11.8 Å². The molecule has 132 valence electrons. The summed E-state index contributed by atoms with van der Waals surface area (Å²) in [5.41, 5.74) is 2.16. The van der Waals surface area contributed by atoms with Crippen LogP contribution in [-0.2, 0) is 16.6 Å². The first-order chi connectivity index (χ1) is 12.1. The summed E-state index contributed by atoms with van der Waals surface area (Å²) in [7, 11) is 2.00. The molecule has 2 heterocycles. The van der Waals surface area contributed by atoms with E-state index in [9.17, 15) is 9.59 Å². The predicted octanol–water partition coefficient (Wildman–Crippen LogP) is 2.55. The molecule has 0 bridgehead atoms. The molecule has 2 fully saturated rings. The zero-order chi connectivity index (χ0) is 17.6. The number of nitrogens with one attached hydrogen (secondary N) is 1. The number of carbonyl (C=O) groups excluding carboxylic acids is 2. The molecular formula is C20H25N3O2. The molecule has 2 atom stereocenters. The van der Waals surface area contributed by atoms with Gasteiger partial charge >= 0.3 is 0 Å². The molecule has 5 nitrogen and oxygen atoms in total. The molecule has 1 aliphatic carbocycles. The maximum absolute atomic E-state index is 13.2. The lowest BCUT2D eigenvalue weighted by Crippen LogP contribution is -2.47. The Labute approximate surface area is 148 Å². The van der Waals surface area contributed by atoms with Gasteiger partial charge in [-0.05, 0) is 44.2 Å². The highest BCUT2D eigenvalue weighted by molar-refractivity contribution is 5.95. The smallest absolute Gasteiger partial charge is 0.243 e. The Bertz CT molecular complexity index is 821. The fraction of sp³-hybridized carbons (Fsp3) is 0.500. The van der Waals surface area contributed by atoms with Crippen LogP contribution in [0, 0.1) is 0 Å². The Kier molecular flexibility index (Phi) is 4.02. The summed E-state index contributed by atoms with van der Waals surface area (Å²) in [4.78, 5) is 27.4. The second kappa shape index (κ2) is 6.21. The summed E-state index contributed by atoms with van der Waals surface area (Å²) in [6.07, 6.45) is 5.85. The fourth-order valence-corrected chi connectivity index (χ4v) is 3.93. The number of fused-ring (bicyclic) bond motifs is 1. The Hall–Kier alpha value is -2.30. The Morgan fingerprint density at radius 3 is 2.72 bits per heavy atom. The third-order valence-corrected chi connectivity index (χ3v) is 5.53. The molecule has 1 aromatic heterocycles. The Morgan fingerprint density at radius 2 is 1.96 bits per heavy atom. The average molecular weight is 339 g/mol. The summed E-state index contributed by atoms with van der Waals surface area (Å²) in [5.74, 6) is -0.163. The summed E-state index contributed by atoms with van der Waals surface area (Å²) in [5, 5.41) is 4.17. The monoisotopic (exact) mass is 339 g/mol. The van der Waals surface area contributed by atoms with Crippen LogP contribution in [0.25, 0.3) is 10.9 Å². The molecule has 2 aliphatic rings. The van der Waals surface area contributed by atoms with Gasteiger partial charge in [0.25, 0.3) is 0 Å². The highest BCUT2D eigenvalue weighted by Crippen LogP contribution is 2.31. The van der Waals surface area contributed by atoms with E-state index in [1.54, 1.807) is 4.90 Å². The third kappa shape index (κ3) is 2.92. The minimum absolute atomic E-state index is 0.0264. The van der Waals surface area contributed by atoms with Crippen LogP contribution >= 0.6 is 0 Å². The fourth-order valence-electron chi connectivity index (χ4n) is 3.93. The van der Waals surface area contributed by atoms with Crippen LogP contribution in [0.15, 0.2) is 30.5 Å². The van der Waals surface area contributed by atoms with Crippen LogP contribution in [0.4, 0.5) is 0 Å². The number of nitrogens with zero attached hydrogens (tertiary/aromatic N) is 2. The van der Waals surface area contributed by atoms with Gasteiger partial charge in [-0.25, -0.2) is 0 Å². The van der Waals surface area contributed by atoms with Crippen LogP contribution < -0.4 is 5.32 Å². The number of rotatable bonds is 4. The van der Waals surface area contributed by atoms with Crippen LogP contribution in [0.3, 0.4) is 0 Å². The van der Waals surface area contributed by atoms with E-state index in [1.807, 2.05) is 32.3 Å². The van der Waals surface area contributed by atoms with E-state index in [0.717, 1.165) is 42.1 Å². The van der Waals surface area contributed by atoms with Crippen LogP contribution in [0.1, 0.15) is 44.1 Å². The minimum atomic E-state index is -0.300. The number of aryl methyl sites for hydroxylation is 1. The molecule has 2 amide bonds. The van der Waals surface area contributed by atoms with Gasteiger partial charge in [0.05, 0.1) is 5.92 Å². The van der Waals surface area contributed by atoms with E-state index >= 15 is 0 Å². The SMILES string of the molecule is CC(C(=O)N1CCCC1C(=O)NC1CC1)c1cn(C)c2ccccc12. The van der Waals surface area contributed by atoms with Crippen molar-refractivity contribution in [2.75, 3.05) is 6.54 Å². The second-order valence-corrected chi connectivity index (χ2v) is 7.41. The number of carbonyl (C=O) groups is 2. The molecule has 0 spiro atoms. The van der Waals surface area contributed by atoms with Gasteiger partial charge < -0.3 is 14.8 Å². The molecule has 1 saturated heterocycles. The number of hydrogen-bond donors (Lipinski definition) is 1. The number of likely N-dealkylation sites (tertiary alicyclic amines) is 1. The molecule has 25 heavy (non-hydrogen) atoms. The van der Waals surface area contributed by atoms with Crippen molar-refractivity contribution in [2.24, 2.45) is 7.05 Å². The van der Waals surface area contributed by atoms with Crippen molar-refractivity contribution in [3.05, 3.63) is 36.0 Å². The van der Waals surface area contributed by atoms with E-state index in [1.165, 1.54) is 0 Å². The maximum Gasteiger partial charge on any atom is 0.243 e.